The van der Waals surface area contributed by atoms with Crippen LogP contribution in [0.3, 0.4) is 0 Å². The van der Waals surface area contributed by atoms with E-state index in [-0.39, 0.29) is 11.9 Å². The zero-order chi connectivity index (χ0) is 15.9. The molecule has 2 heterocycles. The maximum Gasteiger partial charge on any atom is 0.244 e. The fourth-order valence-electron chi connectivity index (χ4n) is 2.26. The Morgan fingerprint density at radius 1 is 1.22 bits per heavy atom. The fourth-order valence-corrected chi connectivity index (χ4v) is 3.08. The van der Waals surface area contributed by atoms with Crippen LogP contribution in [0.2, 0.25) is 0 Å². The minimum absolute atomic E-state index is 0.0130. The van der Waals surface area contributed by atoms with Crippen LogP contribution in [-0.4, -0.2) is 22.2 Å². The molecule has 0 saturated heterocycles. The quantitative estimate of drug-likeness (QED) is 0.707. The van der Waals surface area contributed by atoms with Crippen molar-refractivity contribution in [2.75, 3.05) is 6.54 Å². The predicted octanol–water partition coefficient (Wildman–Crippen LogP) is 3.36. The Labute approximate surface area is 139 Å². The highest BCUT2D eigenvalue weighted by Crippen LogP contribution is 2.21. The molecule has 1 amide bonds. The summed E-state index contributed by atoms with van der Waals surface area (Å²) in [4.78, 5) is 13.2. The molecule has 0 saturated carbocycles. The standard InChI is InChI=1S/C18H17N3OS/c22-18(10-9-15-6-2-1-3-7-15)19-14-16(17-8-4-13-23-17)21-12-5-11-20-21/h1-13,16H,14H2,(H,19,22)/b10-9+. The van der Waals surface area contributed by atoms with Gasteiger partial charge in [-0.15, -0.1) is 11.3 Å². The predicted molar refractivity (Wildman–Crippen MR) is 93.2 cm³/mol. The Morgan fingerprint density at radius 2 is 2.09 bits per heavy atom. The van der Waals surface area contributed by atoms with E-state index in [1.54, 1.807) is 23.6 Å². The average molecular weight is 323 g/mol. The second kappa shape index (κ2) is 7.56. The molecule has 1 unspecified atom stereocenters. The topological polar surface area (TPSA) is 46.9 Å². The van der Waals surface area contributed by atoms with Crippen LogP contribution < -0.4 is 5.32 Å². The zero-order valence-corrected chi connectivity index (χ0v) is 13.3. The lowest BCUT2D eigenvalue weighted by molar-refractivity contribution is -0.116. The van der Waals surface area contributed by atoms with Crippen molar-refractivity contribution in [3.8, 4) is 0 Å². The smallest absolute Gasteiger partial charge is 0.244 e. The molecule has 2 aromatic heterocycles. The van der Waals surface area contributed by atoms with Crippen LogP contribution in [0.5, 0.6) is 0 Å². The number of nitrogens with zero attached hydrogens (tertiary/aromatic N) is 2. The van der Waals surface area contributed by atoms with Crippen molar-refractivity contribution in [1.82, 2.24) is 15.1 Å². The number of hydrogen-bond acceptors (Lipinski definition) is 3. The van der Waals surface area contributed by atoms with Crippen molar-refractivity contribution in [3.63, 3.8) is 0 Å². The highest BCUT2D eigenvalue weighted by atomic mass is 32.1. The van der Waals surface area contributed by atoms with Crippen LogP contribution in [0.4, 0.5) is 0 Å². The molecule has 5 heteroatoms. The van der Waals surface area contributed by atoms with Gasteiger partial charge in [-0.1, -0.05) is 36.4 Å². The van der Waals surface area contributed by atoms with Crippen molar-refractivity contribution in [2.24, 2.45) is 0 Å². The maximum absolute atomic E-state index is 12.0. The summed E-state index contributed by atoms with van der Waals surface area (Å²) in [5.74, 6) is -0.109. The minimum Gasteiger partial charge on any atom is -0.350 e. The molecule has 116 valence electrons. The van der Waals surface area contributed by atoms with Crippen molar-refractivity contribution >= 4 is 23.3 Å². The summed E-state index contributed by atoms with van der Waals surface area (Å²) in [6, 6.07) is 15.7. The molecule has 3 aromatic rings. The number of aromatic nitrogens is 2. The number of carbonyl (C=O) groups excluding carboxylic acids is 1. The maximum atomic E-state index is 12.0. The molecule has 0 fully saturated rings. The van der Waals surface area contributed by atoms with Crippen molar-refractivity contribution in [1.29, 1.82) is 0 Å². The highest BCUT2D eigenvalue weighted by molar-refractivity contribution is 7.10. The van der Waals surface area contributed by atoms with Gasteiger partial charge in [0.25, 0.3) is 0 Å². The third-order valence-electron chi connectivity index (χ3n) is 3.41. The van der Waals surface area contributed by atoms with E-state index in [4.69, 9.17) is 0 Å². The fraction of sp³-hybridized carbons (Fsp3) is 0.111. The van der Waals surface area contributed by atoms with Crippen molar-refractivity contribution in [2.45, 2.75) is 6.04 Å². The van der Waals surface area contributed by atoms with Crippen LogP contribution >= 0.6 is 11.3 Å². The van der Waals surface area contributed by atoms with Gasteiger partial charge in [0.2, 0.25) is 5.91 Å². The second-order valence-electron chi connectivity index (χ2n) is 5.01. The van der Waals surface area contributed by atoms with Crippen molar-refractivity contribution < 1.29 is 4.79 Å². The summed E-state index contributed by atoms with van der Waals surface area (Å²) in [6.45, 7) is 0.500. The third kappa shape index (κ3) is 4.17. The molecule has 3 rings (SSSR count). The summed E-state index contributed by atoms with van der Waals surface area (Å²) < 4.78 is 1.87. The van der Waals surface area contributed by atoms with Gasteiger partial charge in [0.1, 0.15) is 6.04 Å². The molecule has 1 atom stereocenters. The van der Waals surface area contributed by atoms with Gasteiger partial charge in [-0.05, 0) is 29.2 Å². The molecule has 0 spiro atoms. The normalized spacial score (nSPS) is 12.3. The van der Waals surface area contributed by atoms with E-state index in [0.29, 0.717) is 6.54 Å². The Morgan fingerprint density at radius 3 is 2.78 bits per heavy atom. The molecule has 0 bridgehead atoms. The molecular formula is C18H17N3OS. The molecule has 0 aliphatic rings. The van der Waals surface area contributed by atoms with Gasteiger partial charge in [-0.3, -0.25) is 9.48 Å². The first-order valence-electron chi connectivity index (χ1n) is 7.36. The van der Waals surface area contributed by atoms with Gasteiger partial charge >= 0.3 is 0 Å². The summed E-state index contributed by atoms with van der Waals surface area (Å²) in [7, 11) is 0. The van der Waals surface area contributed by atoms with Gasteiger partial charge in [0, 0.05) is 29.9 Å². The minimum atomic E-state index is -0.109. The van der Waals surface area contributed by atoms with E-state index in [0.717, 1.165) is 5.56 Å². The molecule has 4 nitrogen and oxygen atoms in total. The molecule has 0 aliphatic carbocycles. The molecule has 0 aliphatic heterocycles. The summed E-state index contributed by atoms with van der Waals surface area (Å²) in [6.07, 6.45) is 7.03. The first kappa shape index (κ1) is 15.2. The molecule has 1 aromatic carbocycles. The first-order chi connectivity index (χ1) is 11.3. The number of benzene rings is 1. The zero-order valence-electron chi connectivity index (χ0n) is 12.5. The van der Waals surface area contributed by atoms with Gasteiger partial charge < -0.3 is 5.32 Å². The van der Waals surface area contributed by atoms with Crippen LogP contribution in [-0.2, 0) is 4.79 Å². The Bertz CT molecular complexity index is 715. The Balaban J connectivity index is 1.63. The van der Waals surface area contributed by atoms with Crippen molar-refractivity contribution in [3.05, 3.63) is 82.8 Å². The lowest BCUT2D eigenvalue weighted by Crippen LogP contribution is -2.30. The first-order valence-corrected chi connectivity index (χ1v) is 8.24. The summed E-state index contributed by atoms with van der Waals surface area (Å²) >= 11 is 1.66. The second-order valence-corrected chi connectivity index (χ2v) is 5.99. The van der Waals surface area contributed by atoms with E-state index in [1.165, 1.54) is 4.88 Å². The molecule has 1 N–H and O–H groups in total. The number of rotatable bonds is 6. The van der Waals surface area contributed by atoms with Crippen LogP contribution in [0.25, 0.3) is 6.08 Å². The average Bonchev–Trinajstić information content (AvgIpc) is 3.28. The largest absolute Gasteiger partial charge is 0.350 e. The van der Waals surface area contributed by atoms with E-state index in [2.05, 4.69) is 16.5 Å². The van der Waals surface area contributed by atoms with Gasteiger partial charge in [-0.2, -0.15) is 5.10 Å². The van der Waals surface area contributed by atoms with E-state index in [9.17, 15) is 4.79 Å². The third-order valence-corrected chi connectivity index (χ3v) is 4.39. The molecule has 23 heavy (non-hydrogen) atoms. The van der Waals surface area contributed by atoms with Gasteiger partial charge in [0.15, 0.2) is 0 Å². The van der Waals surface area contributed by atoms with Gasteiger partial charge in [0.05, 0.1) is 0 Å². The summed E-state index contributed by atoms with van der Waals surface area (Å²) in [5, 5.41) is 9.28. The number of carbonyl (C=O) groups is 1. The number of thiophene rings is 1. The monoisotopic (exact) mass is 323 g/mol. The molecule has 0 radical (unpaired) electrons. The Kier molecular flexibility index (Phi) is 5.01. The number of amides is 1. The summed E-state index contributed by atoms with van der Waals surface area (Å²) in [5.41, 5.74) is 1.00. The van der Waals surface area contributed by atoms with E-state index < -0.39 is 0 Å². The van der Waals surface area contributed by atoms with Gasteiger partial charge in [-0.25, -0.2) is 0 Å². The highest BCUT2D eigenvalue weighted by Gasteiger charge is 2.15. The Hall–Kier alpha value is -2.66. The number of hydrogen-bond donors (Lipinski definition) is 1. The molecular weight excluding hydrogens is 306 g/mol. The van der Waals surface area contributed by atoms with E-state index >= 15 is 0 Å². The SMILES string of the molecule is O=C(/C=C/c1ccccc1)NCC(c1cccs1)n1cccn1. The van der Waals surface area contributed by atoms with E-state index in [1.807, 2.05) is 64.8 Å². The lowest BCUT2D eigenvalue weighted by Gasteiger charge is -2.16. The lowest BCUT2D eigenvalue weighted by atomic mass is 10.2. The number of nitrogens with one attached hydrogen (secondary N) is 1. The van der Waals surface area contributed by atoms with Crippen LogP contribution in [0, 0.1) is 0 Å². The van der Waals surface area contributed by atoms with Crippen LogP contribution in [0.15, 0.2) is 72.4 Å². The van der Waals surface area contributed by atoms with Crippen LogP contribution in [0.1, 0.15) is 16.5 Å².